The lowest BCUT2D eigenvalue weighted by atomic mass is 9.98. The second-order valence-electron chi connectivity index (χ2n) is 4.02. The van der Waals surface area contributed by atoms with E-state index in [-0.39, 0.29) is 17.2 Å². The molecule has 0 bridgehead atoms. The Morgan fingerprint density at radius 2 is 2.33 bits per heavy atom. The van der Waals surface area contributed by atoms with Gasteiger partial charge in [-0.15, -0.1) is 0 Å². The van der Waals surface area contributed by atoms with Gasteiger partial charge in [-0.25, -0.2) is 0 Å². The molecule has 0 unspecified atom stereocenters. The average molecular weight is 209 g/mol. The molecular weight excluding hydrogens is 194 g/mol. The number of carbonyl (C=O) groups excluding carboxylic acids is 1. The molecule has 1 heterocycles. The Kier molecular flexibility index (Phi) is 2.73. The highest BCUT2D eigenvalue weighted by molar-refractivity contribution is 5.91. The summed E-state index contributed by atoms with van der Waals surface area (Å²) in [6.07, 6.45) is 5.59. The summed E-state index contributed by atoms with van der Waals surface area (Å²) in [5, 5.41) is 6.45. The number of nitrogens with zero attached hydrogens (tertiary/aromatic N) is 1. The Balaban J connectivity index is 2.04. The van der Waals surface area contributed by atoms with Crippen molar-refractivity contribution in [2.45, 2.75) is 31.2 Å². The monoisotopic (exact) mass is 209 g/mol. The van der Waals surface area contributed by atoms with Crippen molar-refractivity contribution in [3.63, 3.8) is 0 Å². The number of carbonyl (C=O) groups is 1. The highest BCUT2D eigenvalue weighted by Crippen LogP contribution is 2.28. The zero-order valence-electron chi connectivity index (χ0n) is 8.53. The summed E-state index contributed by atoms with van der Waals surface area (Å²) in [6, 6.07) is 1.55. The van der Waals surface area contributed by atoms with Crippen LogP contribution in [-0.4, -0.2) is 23.1 Å². The Morgan fingerprint density at radius 3 is 2.87 bits per heavy atom. The van der Waals surface area contributed by atoms with Crippen molar-refractivity contribution in [3.05, 3.63) is 18.0 Å². The van der Waals surface area contributed by atoms with Gasteiger partial charge >= 0.3 is 0 Å². The van der Waals surface area contributed by atoms with Gasteiger partial charge in [0.15, 0.2) is 0 Å². The molecule has 5 nitrogen and oxygen atoms in total. The Bertz CT molecular complexity index is 328. The van der Waals surface area contributed by atoms with E-state index in [4.69, 9.17) is 10.3 Å². The third kappa shape index (κ3) is 2.02. The first-order valence-electron chi connectivity index (χ1n) is 5.19. The molecule has 0 aromatic carbocycles. The predicted octanol–water partition coefficient (Wildman–Crippen LogP) is 0.676. The second kappa shape index (κ2) is 4.02. The van der Waals surface area contributed by atoms with E-state index in [2.05, 4.69) is 10.5 Å². The van der Waals surface area contributed by atoms with Crippen molar-refractivity contribution in [2.75, 3.05) is 6.54 Å². The van der Waals surface area contributed by atoms with Gasteiger partial charge in [0.2, 0.25) is 5.76 Å². The van der Waals surface area contributed by atoms with Gasteiger partial charge in [0.25, 0.3) is 5.91 Å². The van der Waals surface area contributed by atoms with Crippen LogP contribution >= 0.6 is 0 Å². The fourth-order valence-electron chi connectivity index (χ4n) is 2.07. The van der Waals surface area contributed by atoms with E-state index in [0.717, 1.165) is 25.7 Å². The summed E-state index contributed by atoms with van der Waals surface area (Å²) in [5.41, 5.74) is 5.48. The lowest BCUT2D eigenvalue weighted by molar-refractivity contribution is 0.0865. The van der Waals surface area contributed by atoms with Crippen molar-refractivity contribution in [3.8, 4) is 0 Å². The van der Waals surface area contributed by atoms with E-state index < -0.39 is 0 Å². The fraction of sp³-hybridized carbons (Fsp3) is 0.600. The predicted molar refractivity (Wildman–Crippen MR) is 54.2 cm³/mol. The van der Waals surface area contributed by atoms with E-state index in [1.54, 1.807) is 6.07 Å². The number of aromatic nitrogens is 1. The van der Waals surface area contributed by atoms with E-state index >= 15 is 0 Å². The van der Waals surface area contributed by atoms with Crippen molar-refractivity contribution in [1.29, 1.82) is 0 Å². The quantitative estimate of drug-likeness (QED) is 0.766. The number of nitrogens with two attached hydrogens (primary N) is 1. The number of hydrogen-bond acceptors (Lipinski definition) is 4. The third-order valence-electron chi connectivity index (χ3n) is 2.99. The van der Waals surface area contributed by atoms with Crippen LogP contribution in [0.25, 0.3) is 0 Å². The molecule has 1 aromatic heterocycles. The van der Waals surface area contributed by atoms with E-state index in [1.165, 1.54) is 6.20 Å². The molecule has 1 amide bonds. The maximum atomic E-state index is 11.7. The highest BCUT2D eigenvalue weighted by Gasteiger charge is 2.34. The molecule has 0 atom stereocenters. The number of hydrogen-bond donors (Lipinski definition) is 2. The van der Waals surface area contributed by atoms with Crippen molar-refractivity contribution in [2.24, 2.45) is 5.73 Å². The van der Waals surface area contributed by atoms with Crippen LogP contribution in [0.3, 0.4) is 0 Å². The Hall–Kier alpha value is -1.36. The smallest absolute Gasteiger partial charge is 0.290 e. The van der Waals surface area contributed by atoms with E-state index in [9.17, 15) is 4.79 Å². The zero-order chi connectivity index (χ0) is 10.7. The molecule has 0 aliphatic heterocycles. The standard InChI is InChI=1S/C10H15N3O2/c11-7-10(4-1-2-5-10)13-9(14)8-3-6-12-15-8/h3,6H,1-2,4-5,7,11H2,(H,13,14). The van der Waals surface area contributed by atoms with Gasteiger partial charge in [-0.1, -0.05) is 18.0 Å². The van der Waals surface area contributed by atoms with Gasteiger partial charge in [-0.05, 0) is 12.8 Å². The number of rotatable bonds is 3. The first kappa shape index (κ1) is 10.2. The minimum Gasteiger partial charge on any atom is -0.351 e. The molecule has 1 aliphatic carbocycles. The van der Waals surface area contributed by atoms with Gasteiger partial charge in [0, 0.05) is 12.6 Å². The largest absolute Gasteiger partial charge is 0.351 e. The molecule has 5 heteroatoms. The first-order chi connectivity index (χ1) is 7.26. The molecule has 0 radical (unpaired) electrons. The van der Waals surface area contributed by atoms with Crippen LogP contribution in [0, 0.1) is 0 Å². The summed E-state index contributed by atoms with van der Waals surface area (Å²) >= 11 is 0. The molecule has 3 N–H and O–H groups in total. The first-order valence-corrected chi connectivity index (χ1v) is 5.19. The summed E-state index contributed by atoms with van der Waals surface area (Å²) < 4.78 is 4.79. The molecule has 0 spiro atoms. The average Bonchev–Trinajstić information content (AvgIpc) is 2.88. The third-order valence-corrected chi connectivity index (χ3v) is 2.99. The molecule has 1 aromatic rings. The molecule has 0 saturated heterocycles. The number of amides is 1. The van der Waals surface area contributed by atoms with Crippen LogP contribution in [0.15, 0.2) is 16.8 Å². The van der Waals surface area contributed by atoms with Crippen LogP contribution < -0.4 is 11.1 Å². The normalized spacial score (nSPS) is 19.0. The molecule has 2 rings (SSSR count). The van der Waals surface area contributed by atoms with Gasteiger partial charge in [0.1, 0.15) is 0 Å². The minimum absolute atomic E-state index is 0.222. The Labute approximate surface area is 88.0 Å². The second-order valence-corrected chi connectivity index (χ2v) is 4.02. The summed E-state index contributed by atoms with van der Waals surface area (Å²) in [4.78, 5) is 11.7. The van der Waals surface area contributed by atoms with Crippen molar-refractivity contribution >= 4 is 5.91 Å². The lowest BCUT2D eigenvalue weighted by Gasteiger charge is -2.27. The maximum absolute atomic E-state index is 11.7. The minimum atomic E-state index is -0.232. The maximum Gasteiger partial charge on any atom is 0.290 e. The Morgan fingerprint density at radius 1 is 1.60 bits per heavy atom. The van der Waals surface area contributed by atoms with Crippen LogP contribution in [0.2, 0.25) is 0 Å². The molecule has 1 saturated carbocycles. The summed E-state index contributed by atoms with van der Waals surface area (Å²) in [7, 11) is 0. The molecule has 1 aliphatic rings. The topological polar surface area (TPSA) is 81.1 Å². The van der Waals surface area contributed by atoms with Gasteiger partial charge in [-0.3, -0.25) is 4.79 Å². The van der Waals surface area contributed by atoms with Crippen LogP contribution in [0.5, 0.6) is 0 Å². The van der Waals surface area contributed by atoms with Crippen molar-refractivity contribution in [1.82, 2.24) is 10.5 Å². The molecule has 1 fully saturated rings. The van der Waals surface area contributed by atoms with Crippen LogP contribution in [-0.2, 0) is 0 Å². The van der Waals surface area contributed by atoms with Gasteiger partial charge < -0.3 is 15.6 Å². The fourth-order valence-corrected chi connectivity index (χ4v) is 2.07. The van der Waals surface area contributed by atoms with Crippen molar-refractivity contribution < 1.29 is 9.32 Å². The SMILES string of the molecule is NCC1(NC(=O)c2ccno2)CCCC1. The zero-order valence-corrected chi connectivity index (χ0v) is 8.53. The van der Waals surface area contributed by atoms with Crippen LogP contribution in [0.4, 0.5) is 0 Å². The molecular formula is C10H15N3O2. The van der Waals surface area contributed by atoms with E-state index in [1.807, 2.05) is 0 Å². The van der Waals surface area contributed by atoms with Gasteiger partial charge in [0.05, 0.1) is 11.7 Å². The summed E-state index contributed by atoms with van der Waals surface area (Å²) in [6.45, 7) is 0.479. The molecule has 82 valence electrons. The molecule has 15 heavy (non-hydrogen) atoms. The number of nitrogens with one attached hydrogen (secondary N) is 1. The highest BCUT2D eigenvalue weighted by atomic mass is 16.5. The van der Waals surface area contributed by atoms with E-state index in [0.29, 0.717) is 6.54 Å². The van der Waals surface area contributed by atoms with Gasteiger partial charge in [-0.2, -0.15) is 0 Å². The van der Waals surface area contributed by atoms with Crippen LogP contribution in [0.1, 0.15) is 36.2 Å². The summed E-state index contributed by atoms with van der Waals surface area (Å²) in [5.74, 6) is 0.0228. The lowest BCUT2D eigenvalue weighted by Crippen LogP contribution is -2.51.